The third-order valence-corrected chi connectivity index (χ3v) is 2.24. The fourth-order valence-electron chi connectivity index (χ4n) is 1.28. The Bertz CT molecular complexity index is 427. The highest BCUT2D eigenvalue weighted by molar-refractivity contribution is 5.81. The van der Waals surface area contributed by atoms with E-state index in [1.54, 1.807) is 24.3 Å². The lowest BCUT2D eigenvalue weighted by molar-refractivity contribution is -0.141. The van der Waals surface area contributed by atoms with Crippen LogP contribution >= 0.6 is 0 Å². The zero-order valence-corrected chi connectivity index (χ0v) is 10.5. The molecule has 0 aliphatic rings. The first-order valence-corrected chi connectivity index (χ1v) is 5.85. The summed E-state index contributed by atoms with van der Waals surface area (Å²) in [6, 6.07) is 8.66. The van der Waals surface area contributed by atoms with Gasteiger partial charge in [0, 0.05) is 12.5 Å². The Morgan fingerprint density at radius 3 is 2.63 bits per heavy atom. The number of carbonyl (C=O) groups excluding carboxylic acids is 2. The summed E-state index contributed by atoms with van der Waals surface area (Å²) in [5, 5.41) is 9.49. The molecule has 1 atom stereocenters. The number of rotatable bonds is 7. The van der Waals surface area contributed by atoms with Crippen molar-refractivity contribution in [1.29, 1.82) is 0 Å². The van der Waals surface area contributed by atoms with Crippen molar-refractivity contribution < 1.29 is 24.2 Å². The van der Waals surface area contributed by atoms with Crippen LogP contribution in [0.2, 0.25) is 0 Å². The van der Waals surface area contributed by atoms with E-state index >= 15 is 0 Å². The van der Waals surface area contributed by atoms with Crippen molar-refractivity contribution in [3.63, 3.8) is 0 Å². The van der Waals surface area contributed by atoms with Crippen LogP contribution in [0.4, 0.5) is 0 Å². The predicted octanol–water partition coefficient (Wildman–Crippen LogP) is 1.46. The van der Waals surface area contributed by atoms with Crippen molar-refractivity contribution in [2.45, 2.75) is 18.9 Å². The average molecular weight is 264 g/mol. The molecular formula is C14H16O5. The lowest BCUT2D eigenvalue weighted by Crippen LogP contribution is -2.20. The molecule has 0 aromatic heterocycles. The first kappa shape index (κ1) is 14.9. The largest absolute Gasteiger partial charge is 0.460 e. The van der Waals surface area contributed by atoms with Gasteiger partial charge in [0.1, 0.15) is 12.4 Å². The van der Waals surface area contributed by atoms with Crippen LogP contribution in [0.1, 0.15) is 12.8 Å². The van der Waals surface area contributed by atoms with Gasteiger partial charge in [0.2, 0.25) is 0 Å². The van der Waals surface area contributed by atoms with E-state index in [4.69, 9.17) is 4.74 Å². The molecule has 0 aliphatic heterocycles. The average Bonchev–Trinajstić information content (AvgIpc) is 2.43. The van der Waals surface area contributed by atoms with E-state index in [1.165, 1.54) is 0 Å². The monoisotopic (exact) mass is 264 g/mol. The Balaban J connectivity index is 2.22. The van der Waals surface area contributed by atoms with Gasteiger partial charge in [-0.15, -0.1) is 0 Å². The van der Waals surface area contributed by atoms with Crippen LogP contribution in [0.5, 0.6) is 5.75 Å². The van der Waals surface area contributed by atoms with E-state index in [9.17, 15) is 14.7 Å². The maximum atomic E-state index is 11.5. The first-order valence-electron chi connectivity index (χ1n) is 5.85. The van der Waals surface area contributed by atoms with E-state index in [2.05, 4.69) is 11.3 Å². The molecule has 19 heavy (non-hydrogen) atoms. The van der Waals surface area contributed by atoms with E-state index in [0.717, 1.165) is 6.08 Å². The number of benzene rings is 1. The van der Waals surface area contributed by atoms with Gasteiger partial charge in [-0.2, -0.15) is 0 Å². The fourth-order valence-corrected chi connectivity index (χ4v) is 1.28. The molecule has 102 valence electrons. The summed E-state index contributed by atoms with van der Waals surface area (Å²) in [6.07, 6.45) is 0.320. The van der Waals surface area contributed by atoms with Gasteiger partial charge >= 0.3 is 11.9 Å². The van der Waals surface area contributed by atoms with E-state index < -0.39 is 18.0 Å². The molecule has 0 radical (unpaired) electrons. The molecule has 0 spiro atoms. The van der Waals surface area contributed by atoms with Crippen molar-refractivity contribution in [2.75, 3.05) is 6.61 Å². The van der Waals surface area contributed by atoms with Crippen LogP contribution in [-0.2, 0) is 14.3 Å². The maximum absolute atomic E-state index is 11.5. The molecular weight excluding hydrogens is 248 g/mol. The Hall–Kier alpha value is -2.14. The second kappa shape index (κ2) is 8.05. The molecule has 0 saturated heterocycles. The number of hydrogen-bond donors (Lipinski definition) is 1. The van der Waals surface area contributed by atoms with Crippen molar-refractivity contribution in [3.05, 3.63) is 43.0 Å². The van der Waals surface area contributed by atoms with Gasteiger partial charge in [-0.25, -0.2) is 4.79 Å². The topological polar surface area (TPSA) is 72.8 Å². The standard InChI is InChI=1S/C14H16O5/c1-2-13(16)18-10-11(15)8-9-14(17)19-12-6-4-3-5-7-12/h2-7,11,15H,1,8-10H2. The third-order valence-electron chi connectivity index (χ3n) is 2.24. The van der Waals surface area contributed by atoms with Gasteiger partial charge in [-0.1, -0.05) is 24.8 Å². The summed E-state index contributed by atoms with van der Waals surface area (Å²) in [5.74, 6) is -0.591. The number of aliphatic hydroxyl groups is 1. The number of esters is 2. The molecule has 1 aromatic carbocycles. The van der Waals surface area contributed by atoms with Crippen LogP contribution in [-0.4, -0.2) is 29.8 Å². The lowest BCUT2D eigenvalue weighted by Gasteiger charge is -2.10. The van der Waals surface area contributed by atoms with Gasteiger partial charge in [-0.05, 0) is 18.6 Å². The number of ether oxygens (including phenoxy) is 2. The molecule has 1 unspecified atom stereocenters. The van der Waals surface area contributed by atoms with Crippen LogP contribution in [0.3, 0.4) is 0 Å². The molecule has 0 amide bonds. The lowest BCUT2D eigenvalue weighted by atomic mass is 10.2. The molecule has 0 bridgehead atoms. The van der Waals surface area contributed by atoms with Gasteiger partial charge < -0.3 is 14.6 Å². The van der Waals surface area contributed by atoms with Gasteiger partial charge in [0.25, 0.3) is 0 Å². The summed E-state index contributed by atoms with van der Waals surface area (Å²) < 4.78 is 9.68. The van der Waals surface area contributed by atoms with Crippen LogP contribution < -0.4 is 4.74 Å². The Morgan fingerprint density at radius 2 is 2.00 bits per heavy atom. The Morgan fingerprint density at radius 1 is 1.32 bits per heavy atom. The predicted molar refractivity (Wildman–Crippen MR) is 68.5 cm³/mol. The minimum absolute atomic E-state index is 0.0434. The maximum Gasteiger partial charge on any atom is 0.330 e. The van der Waals surface area contributed by atoms with Gasteiger partial charge in [-0.3, -0.25) is 4.79 Å². The first-order chi connectivity index (χ1) is 9.11. The molecule has 1 N–H and O–H groups in total. The fraction of sp³-hybridized carbons (Fsp3) is 0.286. The molecule has 0 saturated carbocycles. The quantitative estimate of drug-likeness (QED) is 0.458. The number of hydrogen-bond acceptors (Lipinski definition) is 5. The zero-order valence-electron chi connectivity index (χ0n) is 10.5. The van der Waals surface area contributed by atoms with E-state index in [1.807, 2.05) is 6.07 Å². The second-order valence-corrected chi connectivity index (χ2v) is 3.81. The highest BCUT2D eigenvalue weighted by Crippen LogP contribution is 2.10. The van der Waals surface area contributed by atoms with E-state index in [-0.39, 0.29) is 19.4 Å². The van der Waals surface area contributed by atoms with Crippen LogP contribution in [0.15, 0.2) is 43.0 Å². The summed E-state index contributed by atoms with van der Waals surface area (Å²) in [5.41, 5.74) is 0. The van der Waals surface area contributed by atoms with Crippen molar-refractivity contribution in [3.8, 4) is 5.75 Å². The smallest absolute Gasteiger partial charge is 0.330 e. The molecule has 0 aliphatic carbocycles. The second-order valence-electron chi connectivity index (χ2n) is 3.81. The number of aliphatic hydroxyl groups excluding tert-OH is 1. The molecule has 0 heterocycles. The molecule has 0 fully saturated rings. The SMILES string of the molecule is C=CC(=O)OCC(O)CCC(=O)Oc1ccccc1. The molecule has 5 heteroatoms. The Labute approximate surface area is 111 Å². The van der Waals surface area contributed by atoms with Crippen molar-refractivity contribution in [1.82, 2.24) is 0 Å². The van der Waals surface area contributed by atoms with E-state index in [0.29, 0.717) is 5.75 Å². The van der Waals surface area contributed by atoms with Crippen molar-refractivity contribution in [2.24, 2.45) is 0 Å². The summed E-state index contributed by atoms with van der Waals surface area (Å²) in [4.78, 5) is 22.2. The third kappa shape index (κ3) is 6.38. The van der Waals surface area contributed by atoms with Gasteiger partial charge in [0.15, 0.2) is 0 Å². The highest BCUT2D eigenvalue weighted by atomic mass is 16.5. The molecule has 1 rings (SSSR count). The van der Waals surface area contributed by atoms with Crippen LogP contribution in [0.25, 0.3) is 0 Å². The summed E-state index contributed by atoms with van der Waals surface area (Å²) >= 11 is 0. The number of para-hydroxylation sites is 1. The number of carbonyl (C=O) groups is 2. The van der Waals surface area contributed by atoms with Crippen molar-refractivity contribution >= 4 is 11.9 Å². The zero-order chi connectivity index (χ0) is 14.1. The van der Waals surface area contributed by atoms with Crippen LogP contribution in [0, 0.1) is 0 Å². The Kier molecular flexibility index (Phi) is 6.32. The van der Waals surface area contributed by atoms with Gasteiger partial charge in [0.05, 0.1) is 6.10 Å². The normalized spacial score (nSPS) is 11.4. The highest BCUT2D eigenvalue weighted by Gasteiger charge is 2.11. The minimum Gasteiger partial charge on any atom is -0.460 e. The summed E-state index contributed by atoms with van der Waals surface area (Å²) in [7, 11) is 0. The molecule has 1 aromatic rings. The minimum atomic E-state index is -0.896. The molecule has 5 nitrogen and oxygen atoms in total. The summed E-state index contributed by atoms with van der Waals surface area (Å²) in [6.45, 7) is 3.07.